The van der Waals surface area contributed by atoms with E-state index in [9.17, 15) is 8.42 Å². The second kappa shape index (κ2) is 9.88. The van der Waals surface area contributed by atoms with E-state index in [1.807, 2.05) is 42.9 Å². The minimum absolute atomic E-state index is 0.0246. The lowest BCUT2D eigenvalue weighted by atomic mass is 10.4. The Balaban J connectivity index is 1.56. The average molecular weight is 443 g/mol. The van der Waals surface area contributed by atoms with E-state index in [1.54, 1.807) is 15.6 Å². The molecule has 0 aliphatic carbocycles. The third kappa shape index (κ3) is 5.91. The fourth-order valence-electron chi connectivity index (χ4n) is 3.13. The molecule has 2 aromatic rings. The van der Waals surface area contributed by atoms with Gasteiger partial charge in [-0.3, -0.25) is 4.40 Å². The van der Waals surface area contributed by atoms with Crippen LogP contribution < -0.4 is 5.32 Å². The van der Waals surface area contributed by atoms with Crippen LogP contribution in [-0.2, 0) is 21.3 Å². The van der Waals surface area contributed by atoms with Gasteiger partial charge in [0, 0.05) is 50.5 Å². The van der Waals surface area contributed by atoms with E-state index in [-0.39, 0.29) is 18.5 Å². The van der Waals surface area contributed by atoms with Crippen molar-refractivity contribution in [3.05, 3.63) is 23.5 Å². The van der Waals surface area contributed by atoms with Crippen molar-refractivity contribution in [2.24, 2.45) is 4.99 Å². The smallest absolute Gasteiger partial charge is 0.216 e. The van der Waals surface area contributed by atoms with Gasteiger partial charge in [-0.25, -0.2) is 18.4 Å². The van der Waals surface area contributed by atoms with E-state index in [0.717, 1.165) is 23.2 Å². The van der Waals surface area contributed by atoms with Crippen LogP contribution in [0.1, 0.15) is 26.5 Å². The number of hydrogen-bond acceptors (Lipinski definition) is 6. The summed E-state index contributed by atoms with van der Waals surface area (Å²) in [6.45, 7) is 9.42. The number of piperazine rings is 1. The van der Waals surface area contributed by atoms with E-state index in [2.05, 4.69) is 15.2 Å². The molecule has 0 amide bonds. The minimum atomic E-state index is -3.29. The highest BCUT2D eigenvalue weighted by Crippen LogP contribution is 2.13. The van der Waals surface area contributed by atoms with Gasteiger partial charge in [-0.2, -0.15) is 4.31 Å². The number of thiazole rings is 1. The van der Waals surface area contributed by atoms with Crippen LogP contribution in [0.3, 0.4) is 0 Å². The molecule has 0 aromatic carbocycles. The first-order chi connectivity index (χ1) is 13.9. The van der Waals surface area contributed by atoms with Crippen LogP contribution >= 0.6 is 11.3 Å². The molecule has 0 unspecified atom stereocenters. The molecule has 3 rings (SSSR count). The maximum Gasteiger partial charge on any atom is 0.216 e. The highest BCUT2D eigenvalue weighted by Gasteiger charge is 2.28. The molecule has 0 radical (unpaired) electrons. The largest absolute Gasteiger partial charge is 0.378 e. The maximum atomic E-state index is 12.5. The normalized spacial score (nSPS) is 16.8. The molecule has 162 valence electrons. The molecule has 11 heteroatoms. The highest BCUT2D eigenvalue weighted by molar-refractivity contribution is 7.89. The number of aromatic nitrogens is 2. The zero-order valence-corrected chi connectivity index (χ0v) is 18.9. The quantitative estimate of drug-likeness (QED) is 0.488. The second-order valence-corrected chi connectivity index (χ2v) is 10.1. The number of aliphatic imine (C=N–C) groups is 1. The number of hydrogen-bond donors (Lipinski definition) is 1. The van der Waals surface area contributed by atoms with Gasteiger partial charge in [0.15, 0.2) is 10.9 Å². The van der Waals surface area contributed by atoms with Crippen LogP contribution in [-0.4, -0.2) is 84.2 Å². The van der Waals surface area contributed by atoms with Gasteiger partial charge in [0.2, 0.25) is 10.0 Å². The van der Waals surface area contributed by atoms with Gasteiger partial charge in [-0.1, -0.05) is 0 Å². The molecule has 0 saturated carbocycles. The molecule has 9 nitrogen and oxygen atoms in total. The van der Waals surface area contributed by atoms with Crippen LogP contribution in [0.4, 0.5) is 0 Å². The molecule has 1 fully saturated rings. The molecule has 0 atom stereocenters. The SMILES string of the molecule is CCNC(=NCc1cn2ccsc2n1)N1CCN(S(=O)(=O)CCOC(C)C)CC1. The number of nitrogens with zero attached hydrogens (tertiary/aromatic N) is 5. The fraction of sp³-hybridized carbons (Fsp3) is 0.667. The molecule has 3 heterocycles. The molecule has 1 saturated heterocycles. The van der Waals surface area contributed by atoms with Crippen LogP contribution in [0.25, 0.3) is 4.96 Å². The lowest BCUT2D eigenvalue weighted by Gasteiger charge is -2.35. The van der Waals surface area contributed by atoms with Crippen LogP contribution in [0, 0.1) is 0 Å². The number of nitrogens with one attached hydrogen (secondary N) is 1. The number of sulfonamides is 1. The Hall–Kier alpha value is -1.69. The van der Waals surface area contributed by atoms with Gasteiger partial charge >= 0.3 is 0 Å². The standard InChI is InChI=1S/C18H30N6O3S2/c1-4-19-17(20-13-16-14-23-9-11-28-18(23)21-16)22-5-7-24(8-6-22)29(25,26)12-10-27-15(2)3/h9,11,14-15H,4-8,10,12-13H2,1-3H3,(H,19,20). The first-order valence-electron chi connectivity index (χ1n) is 9.93. The Bertz CT molecular complexity index is 885. The van der Waals surface area contributed by atoms with E-state index in [4.69, 9.17) is 9.73 Å². The van der Waals surface area contributed by atoms with Crippen molar-refractivity contribution in [3.8, 4) is 0 Å². The molecule has 0 bridgehead atoms. The van der Waals surface area contributed by atoms with Gasteiger partial charge in [0.25, 0.3) is 0 Å². The summed E-state index contributed by atoms with van der Waals surface area (Å²) in [4.78, 5) is 12.3. The Morgan fingerprint density at radius 3 is 2.76 bits per heavy atom. The number of fused-ring (bicyclic) bond motifs is 1. The summed E-state index contributed by atoms with van der Waals surface area (Å²) in [5.41, 5.74) is 0.915. The topological polar surface area (TPSA) is 91.5 Å². The Morgan fingerprint density at radius 2 is 2.10 bits per heavy atom. The monoisotopic (exact) mass is 442 g/mol. The lowest BCUT2D eigenvalue weighted by Crippen LogP contribution is -2.54. The van der Waals surface area contributed by atoms with Gasteiger partial charge in [0.05, 0.1) is 30.7 Å². The average Bonchev–Trinajstić information content (AvgIpc) is 3.26. The van der Waals surface area contributed by atoms with Crippen LogP contribution in [0.2, 0.25) is 0 Å². The van der Waals surface area contributed by atoms with Gasteiger partial charge in [0.1, 0.15) is 0 Å². The lowest BCUT2D eigenvalue weighted by molar-refractivity contribution is 0.0904. The van der Waals surface area contributed by atoms with Gasteiger partial charge in [-0.05, 0) is 20.8 Å². The number of rotatable bonds is 8. The third-order valence-electron chi connectivity index (χ3n) is 4.59. The Kier molecular flexibility index (Phi) is 7.49. The van der Waals surface area contributed by atoms with E-state index >= 15 is 0 Å². The van der Waals surface area contributed by atoms with Crippen molar-refractivity contribution >= 4 is 32.3 Å². The number of ether oxygens (including phenoxy) is 1. The summed E-state index contributed by atoms with van der Waals surface area (Å²) < 4.78 is 34.0. The summed E-state index contributed by atoms with van der Waals surface area (Å²) in [5, 5.41) is 5.31. The summed E-state index contributed by atoms with van der Waals surface area (Å²) in [6, 6.07) is 0. The maximum absolute atomic E-state index is 12.5. The molecule has 29 heavy (non-hydrogen) atoms. The molecule has 1 aliphatic heterocycles. The van der Waals surface area contributed by atoms with Gasteiger partial charge < -0.3 is 15.0 Å². The van der Waals surface area contributed by atoms with E-state index in [1.165, 1.54) is 0 Å². The summed E-state index contributed by atoms with van der Waals surface area (Å²) >= 11 is 1.60. The van der Waals surface area contributed by atoms with E-state index in [0.29, 0.717) is 32.7 Å². The summed E-state index contributed by atoms with van der Waals surface area (Å²) in [6.07, 6.45) is 4.01. The highest BCUT2D eigenvalue weighted by atomic mass is 32.2. The zero-order valence-electron chi connectivity index (χ0n) is 17.2. The van der Waals surface area contributed by atoms with Gasteiger partial charge in [-0.15, -0.1) is 11.3 Å². The summed E-state index contributed by atoms with van der Waals surface area (Å²) in [7, 11) is -3.29. The van der Waals surface area contributed by atoms with Crippen molar-refractivity contribution in [3.63, 3.8) is 0 Å². The zero-order chi connectivity index (χ0) is 20.9. The van der Waals surface area contributed by atoms with Crippen molar-refractivity contribution in [2.45, 2.75) is 33.4 Å². The molecule has 0 spiro atoms. The fourth-order valence-corrected chi connectivity index (χ4v) is 5.13. The molecular formula is C18H30N6O3S2. The number of guanidine groups is 1. The van der Waals surface area contributed by atoms with Crippen molar-refractivity contribution in [1.82, 2.24) is 23.9 Å². The first kappa shape index (κ1) is 22.0. The van der Waals surface area contributed by atoms with Crippen LogP contribution in [0.5, 0.6) is 0 Å². The first-order valence-corrected chi connectivity index (χ1v) is 12.4. The predicted molar refractivity (Wildman–Crippen MR) is 116 cm³/mol. The second-order valence-electron chi connectivity index (χ2n) is 7.12. The molecule has 1 aliphatic rings. The Morgan fingerprint density at radius 1 is 1.34 bits per heavy atom. The number of imidazole rings is 1. The van der Waals surface area contributed by atoms with Crippen LogP contribution in [0.15, 0.2) is 22.8 Å². The molecule has 2 aromatic heterocycles. The molecule has 1 N–H and O–H groups in total. The van der Waals surface area contributed by atoms with Crippen molar-refractivity contribution < 1.29 is 13.2 Å². The third-order valence-corrected chi connectivity index (χ3v) is 7.20. The Labute approximate surface area is 176 Å². The minimum Gasteiger partial charge on any atom is -0.378 e. The molecular weight excluding hydrogens is 412 g/mol. The summed E-state index contributed by atoms with van der Waals surface area (Å²) in [5.74, 6) is 0.820. The van der Waals surface area contributed by atoms with E-state index < -0.39 is 10.0 Å². The predicted octanol–water partition coefficient (Wildman–Crippen LogP) is 1.23. The van der Waals surface area contributed by atoms with Crippen molar-refractivity contribution in [1.29, 1.82) is 0 Å². The van der Waals surface area contributed by atoms with Crippen molar-refractivity contribution in [2.75, 3.05) is 45.1 Å².